The van der Waals surface area contributed by atoms with Gasteiger partial charge in [-0.2, -0.15) is 0 Å². The van der Waals surface area contributed by atoms with Crippen LogP contribution in [-0.2, 0) is 31.9 Å². The van der Waals surface area contributed by atoms with E-state index in [1.54, 1.807) is 0 Å². The van der Waals surface area contributed by atoms with E-state index >= 15 is 0 Å². The van der Waals surface area contributed by atoms with E-state index in [9.17, 15) is 9.59 Å². The second-order valence-electron chi connectivity index (χ2n) is 10.9. The molecule has 0 aromatic heterocycles. The van der Waals surface area contributed by atoms with Crippen molar-refractivity contribution >= 4 is 11.9 Å². The van der Waals surface area contributed by atoms with E-state index in [2.05, 4.69) is 43.3 Å². The van der Waals surface area contributed by atoms with Gasteiger partial charge in [0, 0.05) is 12.3 Å². The summed E-state index contributed by atoms with van der Waals surface area (Å²) < 4.78 is 10.8. The number of carbonyl (C=O) groups is 2. The molecule has 3 rings (SSSR count). The summed E-state index contributed by atoms with van der Waals surface area (Å²) in [6.45, 7) is 8.01. The molecule has 4 heteroatoms. The molecule has 5 atom stereocenters. The lowest BCUT2D eigenvalue weighted by Gasteiger charge is -2.27. The summed E-state index contributed by atoms with van der Waals surface area (Å²) in [4.78, 5) is 24.2. The summed E-state index contributed by atoms with van der Waals surface area (Å²) in [5.74, 6) is 1.94. The number of allylic oxidation sites excluding steroid dienone is 2. The normalized spacial score (nSPS) is 26.3. The minimum absolute atomic E-state index is 0.00445. The number of ether oxygens (including phenoxy) is 2. The zero-order valence-corrected chi connectivity index (χ0v) is 21.1. The van der Waals surface area contributed by atoms with Crippen LogP contribution in [0, 0.1) is 29.1 Å². The van der Waals surface area contributed by atoms with E-state index in [-0.39, 0.29) is 18.0 Å². The molecule has 2 saturated carbocycles. The average Bonchev–Trinajstić information content (AvgIpc) is 3.34. The quantitative estimate of drug-likeness (QED) is 0.223. The third-order valence-corrected chi connectivity index (χ3v) is 7.28. The number of methoxy groups -OCH3 is 1. The van der Waals surface area contributed by atoms with E-state index in [0.29, 0.717) is 36.5 Å². The highest BCUT2D eigenvalue weighted by atomic mass is 16.5. The summed E-state index contributed by atoms with van der Waals surface area (Å²) in [6.07, 6.45) is 12.8. The number of fused-ring (bicyclic) bond motifs is 1. The van der Waals surface area contributed by atoms with Gasteiger partial charge in [0.15, 0.2) is 0 Å². The lowest BCUT2D eigenvalue weighted by Crippen LogP contribution is -2.33. The molecule has 2 aliphatic carbocycles. The molecule has 33 heavy (non-hydrogen) atoms. The Hall–Kier alpha value is -2.10. The van der Waals surface area contributed by atoms with Gasteiger partial charge in [-0.3, -0.25) is 9.59 Å². The van der Waals surface area contributed by atoms with Crippen molar-refractivity contribution in [3.63, 3.8) is 0 Å². The molecule has 0 heterocycles. The molecule has 2 fully saturated rings. The molecule has 1 aromatic rings. The third-order valence-electron chi connectivity index (χ3n) is 7.28. The van der Waals surface area contributed by atoms with Crippen LogP contribution in [0.15, 0.2) is 36.4 Å². The van der Waals surface area contributed by atoms with Crippen molar-refractivity contribution in [2.75, 3.05) is 7.11 Å². The van der Waals surface area contributed by atoms with Gasteiger partial charge >= 0.3 is 11.9 Å². The van der Waals surface area contributed by atoms with Crippen molar-refractivity contribution < 1.29 is 19.1 Å². The topological polar surface area (TPSA) is 52.6 Å². The summed E-state index contributed by atoms with van der Waals surface area (Å²) in [7, 11) is 1.43. The molecule has 0 radical (unpaired) electrons. The number of esters is 2. The van der Waals surface area contributed by atoms with Gasteiger partial charge in [0.1, 0.15) is 6.10 Å². The molecule has 0 aliphatic heterocycles. The highest BCUT2D eigenvalue weighted by Crippen LogP contribution is 2.62. The molecule has 1 aromatic carbocycles. The zero-order chi connectivity index (χ0) is 24.0. The Morgan fingerprint density at radius 1 is 1.15 bits per heavy atom. The number of rotatable bonds is 11. The van der Waals surface area contributed by atoms with E-state index in [4.69, 9.17) is 9.47 Å². The predicted octanol–water partition coefficient (Wildman–Crippen LogP) is 6.31. The van der Waals surface area contributed by atoms with Crippen LogP contribution in [0.5, 0.6) is 0 Å². The SMILES string of the molecule is CCCCCC=CC1[C@H]2C(Cc3cccc(CCC(=O)OC)c3)C(OC(=O)C(C)(C)C)C[C@@H]12. The summed E-state index contributed by atoms with van der Waals surface area (Å²) >= 11 is 0. The first-order valence-electron chi connectivity index (χ1n) is 12.8. The maximum atomic E-state index is 12.6. The predicted molar refractivity (Wildman–Crippen MR) is 132 cm³/mol. The Bertz CT molecular complexity index is 834. The molecule has 0 amide bonds. The van der Waals surface area contributed by atoms with Crippen molar-refractivity contribution in [2.24, 2.45) is 29.1 Å². The minimum Gasteiger partial charge on any atom is -0.469 e. The lowest BCUT2D eigenvalue weighted by molar-refractivity contribution is -0.161. The highest BCUT2D eigenvalue weighted by Gasteiger charge is 2.61. The van der Waals surface area contributed by atoms with Crippen LogP contribution in [0.4, 0.5) is 0 Å². The average molecular weight is 455 g/mol. The number of unbranched alkanes of at least 4 members (excludes halogenated alkanes) is 3. The first-order valence-corrected chi connectivity index (χ1v) is 12.8. The molecular formula is C29H42O4. The van der Waals surface area contributed by atoms with Crippen LogP contribution in [-0.4, -0.2) is 25.2 Å². The molecule has 0 bridgehead atoms. The first kappa shape index (κ1) is 25.5. The van der Waals surface area contributed by atoms with Gasteiger partial charge in [0.2, 0.25) is 0 Å². The van der Waals surface area contributed by atoms with Crippen LogP contribution in [0.2, 0.25) is 0 Å². The number of hydrogen-bond acceptors (Lipinski definition) is 4. The van der Waals surface area contributed by atoms with E-state index in [0.717, 1.165) is 18.4 Å². The summed E-state index contributed by atoms with van der Waals surface area (Å²) in [5.41, 5.74) is 1.93. The largest absolute Gasteiger partial charge is 0.469 e. The monoisotopic (exact) mass is 454 g/mol. The van der Waals surface area contributed by atoms with Gasteiger partial charge in [-0.15, -0.1) is 0 Å². The molecule has 4 nitrogen and oxygen atoms in total. The van der Waals surface area contributed by atoms with Gasteiger partial charge < -0.3 is 9.47 Å². The van der Waals surface area contributed by atoms with Crippen LogP contribution in [0.25, 0.3) is 0 Å². The molecule has 0 spiro atoms. The fraction of sp³-hybridized carbons (Fsp3) is 0.655. The molecule has 0 saturated heterocycles. The van der Waals surface area contributed by atoms with Crippen molar-refractivity contribution in [1.82, 2.24) is 0 Å². The Morgan fingerprint density at radius 2 is 1.91 bits per heavy atom. The Morgan fingerprint density at radius 3 is 2.61 bits per heavy atom. The fourth-order valence-corrected chi connectivity index (χ4v) is 5.32. The number of benzene rings is 1. The summed E-state index contributed by atoms with van der Waals surface area (Å²) in [6, 6.07) is 8.51. The maximum Gasteiger partial charge on any atom is 0.311 e. The minimum atomic E-state index is -0.482. The Labute approximate surface area is 200 Å². The van der Waals surface area contributed by atoms with Gasteiger partial charge in [-0.05, 0) is 81.8 Å². The van der Waals surface area contributed by atoms with Gasteiger partial charge in [-0.1, -0.05) is 56.2 Å². The van der Waals surface area contributed by atoms with Crippen LogP contribution < -0.4 is 0 Å². The van der Waals surface area contributed by atoms with Crippen LogP contribution >= 0.6 is 0 Å². The number of carbonyl (C=O) groups excluding carboxylic acids is 2. The van der Waals surface area contributed by atoms with Gasteiger partial charge in [0.05, 0.1) is 12.5 Å². The second kappa shape index (κ2) is 11.4. The Kier molecular flexibility index (Phi) is 8.78. The van der Waals surface area contributed by atoms with Crippen molar-refractivity contribution in [3.8, 4) is 0 Å². The molecule has 2 aliphatic rings. The number of hydrogen-bond donors (Lipinski definition) is 0. The smallest absolute Gasteiger partial charge is 0.311 e. The third kappa shape index (κ3) is 6.94. The van der Waals surface area contributed by atoms with Crippen molar-refractivity contribution in [2.45, 2.75) is 85.2 Å². The molecular weight excluding hydrogens is 412 g/mol. The lowest BCUT2D eigenvalue weighted by atomic mass is 9.88. The van der Waals surface area contributed by atoms with Gasteiger partial charge in [-0.25, -0.2) is 0 Å². The standard InChI is InChI=1S/C29H42O4/c1-6-7-8-9-10-14-22-23-19-25(33-28(31)29(2,3)4)24(27(22)23)18-21-13-11-12-20(17-21)15-16-26(30)32-5/h10-14,17,22-25,27H,6-9,15-16,18-19H2,1-5H3/t22?,23-,24?,25?,27+/m0/s1. The zero-order valence-electron chi connectivity index (χ0n) is 21.1. The Balaban J connectivity index is 1.68. The van der Waals surface area contributed by atoms with Crippen molar-refractivity contribution in [3.05, 3.63) is 47.5 Å². The maximum absolute atomic E-state index is 12.6. The molecule has 0 N–H and O–H groups in total. The van der Waals surface area contributed by atoms with Gasteiger partial charge in [0.25, 0.3) is 0 Å². The second-order valence-corrected chi connectivity index (χ2v) is 10.9. The molecule has 182 valence electrons. The summed E-state index contributed by atoms with van der Waals surface area (Å²) in [5, 5.41) is 0. The highest BCUT2D eigenvalue weighted by molar-refractivity contribution is 5.75. The number of aryl methyl sites for hydroxylation is 1. The fourth-order valence-electron chi connectivity index (χ4n) is 5.32. The van der Waals surface area contributed by atoms with E-state index in [1.165, 1.54) is 38.4 Å². The van der Waals surface area contributed by atoms with E-state index in [1.807, 2.05) is 20.8 Å². The van der Waals surface area contributed by atoms with Crippen molar-refractivity contribution in [1.29, 1.82) is 0 Å². The first-order chi connectivity index (χ1) is 15.7. The molecule has 3 unspecified atom stereocenters. The van der Waals surface area contributed by atoms with E-state index < -0.39 is 5.41 Å². The van der Waals surface area contributed by atoms with Crippen LogP contribution in [0.3, 0.4) is 0 Å². The van der Waals surface area contributed by atoms with Crippen LogP contribution in [0.1, 0.15) is 77.3 Å².